The lowest BCUT2D eigenvalue weighted by Crippen LogP contribution is -2.22. The average molecular weight is 341 g/mol. The third-order valence-electron chi connectivity index (χ3n) is 3.94. The first-order valence-corrected chi connectivity index (χ1v) is 7.52. The van der Waals surface area contributed by atoms with Crippen LogP contribution in [0.2, 0.25) is 0 Å². The number of halogens is 2. The highest BCUT2D eigenvalue weighted by Gasteiger charge is 2.69. The minimum Gasteiger partial charge on any atom is -0.459 e. The van der Waals surface area contributed by atoms with Gasteiger partial charge in [0.1, 0.15) is 22.0 Å². The number of aryl methyl sites for hydroxylation is 1. The molecule has 2 heterocycles. The van der Waals surface area contributed by atoms with E-state index in [0.29, 0.717) is 17.8 Å². The molecule has 0 amide bonds. The van der Waals surface area contributed by atoms with Crippen molar-refractivity contribution in [1.82, 2.24) is 9.38 Å². The smallest absolute Gasteiger partial charge is 0.315 e. The van der Waals surface area contributed by atoms with E-state index in [2.05, 4.69) is 4.98 Å². The van der Waals surface area contributed by atoms with Crippen molar-refractivity contribution in [3.05, 3.63) is 46.0 Å². The summed E-state index contributed by atoms with van der Waals surface area (Å²) in [5.41, 5.74) is 0.778. The molecule has 0 spiro atoms. The fraction of sp³-hybridized carbons (Fsp3) is 0.400. The van der Waals surface area contributed by atoms with Crippen LogP contribution in [-0.4, -0.2) is 19.7 Å². The Morgan fingerprint density at radius 1 is 1.45 bits per heavy atom. The van der Waals surface area contributed by atoms with E-state index < -0.39 is 15.7 Å². The van der Waals surface area contributed by atoms with Gasteiger partial charge in [-0.3, -0.25) is 14.0 Å². The normalized spacial score (nSPS) is 22.5. The van der Waals surface area contributed by atoms with Crippen LogP contribution in [0.5, 0.6) is 0 Å². The molecule has 0 bridgehead atoms. The monoisotopic (exact) mass is 340 g/mol. The molecule has 0 N–H and O–H groups in total. The number of carbonyl (C=O) groups is 1. The van der Waals surface area contributed by atoms with Crippen LogP contribution in [0.3, 0.4) is 0 Å². The Hall–Kier alpha value is -1.59. The molecule has 1 atom stereocenters. The number of aromatic nitrogens is 2. The molecule has 1 aliphatic rings. The quantitative estimate of drug-likeness (QED) is 0.636. The van der Waals surface area contributed by atoms with E-state index in [4.69, 9.17) is 27.9 Å². The van der Waals surface area contributed by atoms with Crippen LogP contribution in [0.1, 0.15) is 24.6 Å². The van der Waals surface area contributed by atoms with Crippen molar-refractivity contribution < 1.29 is 9.53 Å². The molecule has 7 heteroatoms. The van der Waals surface area contributed by atoms with Crippen molar-refractivity contribution in [3.63, 3.8) is 0 Å². The Morgan fingerprint density at radius 3 is 2.77 bits per heavy atom. The van der Waals surface area contributed by atoms with Gasteiger partial charge in [-0.1, -0.05) is 0 Å². The maximum Gasteiger partial charge on any atom is 0.315 e. The maximum atomic E-state index is 12.0. The standard InChI is InChI=1S/C15H14Cl2N2O3/c1-9-3-4-19-11(5-9)18-10(6-12(19)20)7-22-13(21)14(2)8-15(14,16)17/h3-6H,7-8H2,1-2H3/t14-/m1/s1. The van der Waals surface area contributed by atoms with E-state index in [-0.39, 0.29) is 12.2 Å². The molecule has 5 nitrogen and oxygen atoms in total. The summed E-state index contributed by atoms with van der Waals surface area (Å²) in [7, 11) is 0. The summed E-state index contributed by atoms with van der Waals surface area (Å²) in [4.78, 5) is 28.4. The van der Waals surface area contributed by atoms with Crippen molar-refractivity contribution in [3.8, 4) is 0 Å². The summed E-state index contributed by atoms with van der Waals surface area (Å²) in [5, 5.41) is 0. The first-order chi connectivity index (χ1) is 10.2. The van der Waals surface area contributed by atoms with Gasteiger partial charge in [-0.25, -0.2) is 4.98 Å². The number of hydrogen-bond acceptors (Lipinski definition) is 4. The number of pyridine rings is 1. The minimum atomic E-state index is -1.07. The van der Waals surface area contributed by atoms with E-state index in [0.717, 1.165) is 5.56 Å². The lowest BCUT2D eigenvalue weighted by atomic mass is 10.1. The van der Waals surface area contributed by atoms with E-state index in [1.165, 1.54) is 10.5 Å². The molecule has 2 aromatic rings. The number of rotatable bonds is 3. The summed E-state index contributed by atoms with van der Waals surface area (Å²) in [5.74, 6) is -0.483. The van der Waals surface area contributed by atoms with Gasteiger partial charge < -0.3 is 4.74 Å². The largest absolute Gasteiger partial charge is 0.459 e. The van der Waals surface area contributed by atoms with E-state index in [9.17, 15) is 9.59 Å². The number of alkyl halides is 2. The highest BCUT2D eigenvalue weighted by molar-refractivity contribution is 6.53. The zero-order valence-electron chi connectivity index (χ0n) is 12.1. The third-order valence-corrected chi connectivity index (χ3v) is 5.04. The molecule has 0 unspecified atom stereocenters. The van der Waals surface area contributed by atoms with Crippen molar-refractivity contribution >= 4 is 34.8 Å². The van der Waals surface area contributed by atoms with Gasteiger partial charge in [-0.05, 0) is 31.5 Å². The van der Waals surface area contributed by atoms with Gasteiger partial charge in [-0.2, -0.15) is 0 Å². The molecular weight excluding hydrogens is 327 g/mol. The molecule has 0 aromatic carbocycles. The number of nitrogens with zero attached hydrogens (tertiary/aromatic N) is 2. The maximum absolute atomic E-state index is 12.0. The van der Waals surface area contributed by atoms with Gasteiger partial charge in [-0.15, -0.1) is 23.2 Å². The zero-order valence-corrected chi connectivity index (χ0v) is 13.6. The summed E-state index contributed by atoms with van der Waals surface area (Å²) < 4.78 is 5.57. The summed E-state index contributed by atoms with van der Waals surface area (Å²) in [6.45, 7) is 3.48. The summed E-state index contributed by atoms with van der Waals surface area (Å²) >= 11 is 11.9. The minimum absolute atomic E-state index is 0.0854. The molecule has 0 radical (unpaired) electrons. The topological polar surface area (TPSA) is 60.7 Å². The average Bonchev–Trinajstić information content (AvgIpc) is 2.95. The molecule has 3 rings (SSSR count). The second-order valence-electron chi connectivity index (χ2n) is 5.81. The second kappa shape index (κ2) is 4.96. The van der Waals surface area contributed by atoms with E-state index >= 15 is 0 Å². The molecule has 1 fully saturated rings. The SMILES string of the molecule is Cc1ccn2c(=O)cc(COC(=O)[C@@]3(C)CC3(Cl)Cl)nc2c1. The predicted octanol–water partition coefficient (Wildman–Crippen LogP) is 2.63. The van der Waals surface area contributed by atoms with Crippen molar-refractivity contribution in [1.29, 1.82) is 0 Å². The van der Waals surface area contributed by atoms with Gasteiger partial charge in [0.25, 0.3) is 5.56 Å². The molecular formula is C15H14Cl2N2O3. The Labute approximate surface area is 136 Å². The Morgan fingerprint density at radius 2 is 2.14 bits per heavy atom. The van der Waals surface area contributed by atoms with Crippen molar-refractivity contribution in [2.45, 2.75) is 31.2 Å². The fourth-order valence-corrected chi connectivity index (χ4v) is 2.94. The third kappa shape index (κ3) is 2.48. The number of hydrogen-bond donors (Lipinski definition) is 0. The molecule has 0 aliphatic heterocycles. The molecule has 116 valence electrons. The van der Waals surface area contributed by atoms with Crippen molar-refractivity contribution in [2.24, 2.45) is 5.41 Å². The molecule has 2 aromatic heterocycles. The number of ether oxygens (including phenoxy) is 1. The molecule has 0 saturated heterocycles. The molecule has 22 heavy (non-hydrogen) atoms. The zero-order chi connectivity index (χ0) is 16.1. The Balaban J connectivity index is 1.80. The second-order valence-corrected chi connectivity index (χ2v) is 7.29. The number of carbonyl (C=O) groups excluding carboxylic acids is 1. The van der Waals surface area contributed by atoms with Gasteiger partial charge in [0.05, 0.1) is 5.69 Å². The lowest BCUT2D eigenvalue weighted by Gasteiger charge is -2.11. The van der Waals surface area contributed by atoms with Crippen LogP contribution < -0.4 is 5.56 Å². The van der Waals surface area contributed by atoms with Crippen LogP contribution in [-0.2, 0) is 16.1 Å². The molecule has 1 aliphatic carbocycles. The highest BCUT2D eigenvalue weighted by Crippen LogP contribution is 2.64. The number of fused-ring (bicyclic) bond motifs is 1. The van der Waals surface area contributed by atoms with Gasteiger partial charge in [0.2, 0.25) is 0 Å². The fourth-order valence-electron chi connectivity index (χ4n) is 2.25. The summed E-state index contributed by atoms with van der Waals surface area (Å²) in [6.07, 6.45) is 2.02. The van der Waals surface area contributed by atoms with Crippen LogP contribution in [0, 0.1) is 12.3 Å². The first-order valence-electron chi connectivity index (χ1n) is 6.77. The van der Waals surface area contributed by atoms with E-state index in [1.54, 1.807) is 19.2 Å². The lowest BCUT2D eigenvalue weighted by molar-refractivity contribution is -0.151. The van der Waals surface area contributed by atoms with Crippen LogP contribution in [0.15, 0.2) is 29.2 Å². The van der Waals surface area contributed by atoms with Crippen molar-refractivity contribution in [2.75, 3.05) is 0 Å². The molecule has 1 saturated carbocycles. The van der Waals surface area contributed by atoms with Crippen LogP contribution in [0.25, 0.3) is 5.65 Å². The van der Waals surface area contributed by atoms with Crippen LogP contribution >= 0.6 is 23.2 Å². The highest BCUT2D eigenvalue weighted by atomic mass is 35.5. The Kier molecular flexibility index (Phi) is 3.45. The van der Waals surface area contributed by atoms with Gasteiger partial charge >= 0.3 is 5.97 Å². The first kappa shape index (κ1) is 15.3. The number of esters is 1. The van der Waals surface area contributed by atoms with E-state index in [1.807, 2.05) is 13.0 Å². The Bertz CT molecular complexity index is 831. The van der Waals surface area contributed by atoms with Gasteiger partial charge in [0, 0.05) is 18.7 Å². The summed E-state index contributed by atoms with van der Waals surface area (Å²) in [6, 6.07) is 4.96. The predicted molar refractivity (Wildman–Crippen MR) is 83.2 cm³/mol. The van der Waals surface area contributed by atoms with Crippen LogP contribution in [0.4, 0.5) is 0 Å². The van der Waals surface area contributed by atoms with Gasteiger partial charge in [0.15, 0.2) is 0 Å².